The molecule has 1 amide bonds. The van der Waals surface area contributed by atoms with Gasteiger partial charge >= 0.3 is 0 Å². The zero-order chi connectivity index (χ0) is 23.1. The second-order valence-electron chi connectivity index (χ2n) is 9.05. The molecule has 1 aliphatic rings. The second-order valence-corrected chi connectivity index (χ2v) is 11.0. The van der Waals surface area contributed by atoms with Crippen LogP contribution in [0.5, 0.6) is 0 Å². The Morgan fingerprint density at radius 2 is 1.69 bits per heavy atom. The largest absolute Gasteiger partial charge is 0.460 e. The number of hydrogen-bond donors (Lipinski definition) is 1. The van der Waals surface area contributed by atoms with E-state index in [1.165, 1.54) is 4.31 Å². The predicted molar refractivity (Wildman–Crippen MR) is 121 cm³/mol. The van der Waals surface area contributed by atoms with Gasteiger partial charge in [-0.25, -0.2) is 8.42 Å². The minimum atomic E-state index is -3.61. The molecule has 0 unspecified atom stereocenters. The van der Waals surface area contributed by atoms with E-state index in [4.69, 9.17) is 4.42 Å². The summed E-state index contributed by atoms with van der Waals surface area (Å²) in [6.07, 6.45) is 0. The molecule has 1 aromatic carbocycles. The topological polar surface area (TPSA) is 99.5 Å². The lowest BCUT2D eigenvalue weighted by Crippen LogP contribution is -2.50. The van der Waals surface area contributed by atoms with Crippen molar-refractivity contribution in [2.45, 2.75) is 38.0 Å². The van der Waals surface area contributed by atoms with Crippen molar-refractivity contribution < 1.29 is 17.6 Å². The van der Waals surface area contributed by atoms with Gasteiger partial charge in [0.15, 0.2) is 11.5 Å². The minimum absolute atomic E-state index is 0.0455. The van der Waals surface area contributed by atoms with Crippen LogP contribution in [0.4, 0.5) is 0 Å². The Labute approximate surface area is 188 Å². The molecule has 4 rings (SSSR count). The van der Waals surface area contributed by atoms with Gasteiger partial charge in [-0.05, 0) is 42.2 Å². The number of benzene rings is 1. The molecule has 0 radical (unpaired) electrons. The number of nitrogens with zero attached hydrogens (tertiary/aromatic N) is 3. The highest BCUT2D eigenvalue weighted by Gasteiger charge is 2.31. The molecule has 0 spiro atoms. The fourth-order valence-electron chi connectivity index (χ4n) is 3.71. The fourth-order valence-corrected chi connectivity index (χ4v) is 5.13. The monoisotopic (exact) mass is 456 g/mol. The van der Waals surface area contributed by atoms with E-state index in [9.17, 15) is 13.2 Å². The fraction of sp³-hybridized carbons (Fsp3) is 0.391. The van der Waals surface area contributed by atoms with Crippen LogP contribution in [0.25, 0.3) is 11.5 Å². The van der Waals surface area contributed by atoms with E-state index in [1.54, 1.807) is 23.1 Å². The van der Waals surface area contributed by atoms with E-state index >= 15 is 0 Å². The quantitative estimate of drug-likeness (QED) is 0.648. The molecule has 0 aliphatic carbocycles. The lowest BCUT2D eigenvalue weighted by Gasteiger charge is -2.33. The zero-order valence-electron chi connectivity index (χ0n) is 18.8. The van der Waals surface area contributed by atoms with Crippen LogP contribution >= 0.6 is 0 Å². The first-order chi connectivity index (χ1) is 15.1. The molecule has 170 valence electrons. The Hall–Kier alpha value is -2.91. The van der Waals surface area contributed by atoms with Crippen LogP contribution in [0.3, 0.4) is 0 Å². The van der Waals surface area contributed by atoms with Gasteiger partial charge in [-0.15, -0.1) is 0 Å². The van der Waals surface area contributed by atoms with Gasteiger partial charge in [-0.2, -0.15) is 9.40 Å². The Bertz CT molecular complexity index is 1210. The average Bonchev–Trinajstić information content (AvgIpc) is 3.42. The first-order valence-corrected chi connectivity index (χ1v) is 12.0. The number of amides is 1. The number of aromatic nitrogens is 2. The average molecular weight is 457 g/mol. The van der Waals surface area contributed by atoms with E-state index in [-0.39, 0.29) is 35.0 Å². The van der Waals surface area contributed by atoms with Gasteiger partial charge in [0.1, 0.15) is 11.5 Å². The summed E-state index contributed by atoms with van der Waals surface area (Å²) in [7, 11) is -3.61. The molecule has 8 nitrogen and oxygen atoms in total. The number of nitrogens with one attached hydrogen (secondary N) is 1. The van der Waals surface area contributed by atoms with Gasteiger partial charge in [0, 0.05) is 32.2 Å². The van der Waals surface area contributed by atoms with Gasteiger partial charge < -0.3 is 9.32 Å². The highest BCUT2D eigenvalue weighted by atomic mass is 32.2. The van der Waals surface area contributed by atoms with Gasteiger partial charge in [0.25, 0.3) is 5.91 Å². The summed E-state index contributed by atoms with van der Waals surface area (Å²) in [6, 6.07) is 12.4. The van der Waals surface area contributed by atoms with E-state index < -0.39 is 10.0 Å². The molecule has 1 aliphatic heterocycles. The SMILES string of the molecule is Cc1ccc(-c2cc(C(=O)N3CCN(S(=O)(=O)c4ccc(C(C)(C)C)cc4)CC3)n[nH]2)o1. The first kappa shape index (κ1) is 22.3. The smallest absolute Gasteiger partial charge is 0.274 e. The summed E-state index contributed by atoms with van der Waals surface area (Å²) in [5, 5.41) is 6.94. The number of carbonyl (C=O) groups excluding carboxylic acids is 1. The Kier molecular flexibility index (Phi) is 5.72. The number of hydrogen-bond acceptors (Lipinski definition) is 5. The van der Waals surface area contributed by atoms with Crippen molar-refractivity contribution in [2.24, 2.45) is 0 Å². The Balaban J connectivity index is 1.41. The third kappa shape index (κ3) is 4.35. The third-order valence-electron chi connectivity index (χ3n) is 5.69. The molecule has 1 saturated heterocycles. The molecular weight excluding hydrogens is 428 g/mol. The second kappa shape index (κ2) is 8.22. The first-order valence-electron chi connectivity index (χ1n) is 10.6. The number of sulfonamides is 1. The van der Waals surface area contributed by atoms with Crippen molar-refractivity contribution in [3.63, 3.8) is 0 Å². The molecular formula is C23H28N4O4S. The summed E-state index contributed by atoms with van der Waals surface area (Å²) >= 11 is 0. The number of piperazine rings is 1. The molecule has 9 heteroatoms. The van der Waals surface area contributed by atoms with Crippen LogP contribution in [0.15, 0.2) is 51.8 Å². The highest BCUT2D eigenvalue weighted by Crippen LogP contribution is 2.25. The predicted octanol–water partition coefficient (Wildman–Crippen LogP) is 3.42. The lowest BCUT2D eigenvalue weighted by atomic mass is 9.87. The number of aromatic amines is 1. The molecule has 32 heavy (non-hydrogen) atoms. The van der Waals surface area contributed by atoms with E-state index in [2.05, 4.69) is 31.0 Å². The van der Waals surface area contributed by atoms with Crippen molar-refractivity contribution in [1.29, 1.82) is 0 Å². The number of aryl methyl sites for hydroxylation is 1. The van der Waals surface area contributed by atoms with Crippen molar-refractivity contribution in [2.75, 3.05) is 26.2 Å². The van der Waals surface area contributed by atoms with Crippen LogP contribution in [-0.4, -0.2) is 59.9 Å². The van der Waals surface area contributed by atoms with Crippen LogP contribution in [-0.2, 0) is 15.4 Å². The third-order valence-corrected chi connectivity index (χ3v) is 7.60. The minimum Gasteiger partial charge on any atom is -0.460 e. The maximum absolute atomic E-state index is 13.1. The zero-order valence-corrected chi connectivity index (χ0v) is 19.6. The van der Waals surface area contributed by atoms with E-state index in [0.717, 1.165) is 11.3 Å². The van der Waals surface area contributed by atoms with Crippen LogP contribution in [0, 0.1) is 6.92 Å². The van der Waals surface area contributed by atoms with Crippen molar-refractivity contribution >= 4 is 15.9 Å². The summed E-state index contributed by atoms with van der Waals surface area (Å²) in [5.41, 5.74) is 1.94. The van der Waals surface area contributed by atoms with Gasteiger partial charge in [-0.3, -0.25) is 9.89 Å². The van der Waals surface area contributed by atoms with Crippen molar-refractivity contribution in [3.8, 4) is 11.5 Å². The highest BCUT2D eigenvalue weighted by molar-refractivity contribution is 7.89. The molecule has 1 N–H and O–H groups in total. The van der Waals surface area contributed by atoms with E-state index in [0.29, 0.717) is 24.5 Å². The summed E-state index contributed by atoms with van der Waals surface area (Å²) < 4.78 is 33.1. The summed E-state index contributed by atoms with van der Waals surface area (Å²) in [4.78, 5) is 14.8. The molecule has 0 atom stereocenters. The van der Waals surface area contributed by atoms with Crippen LogP contribution in [0.1, 0.15) is 42.6 Å². The van der Waals surface area contributed by atoms with Crippen molar-refractivity contribution in [3.05, 3.63) is 59.5 Å². The Morgan fingerprint density at radius 3 is 2.25 bits per heavy atom. The van der Waals surface area contributed by atoms with E-state index in [1.807, 2.05) is 31.2 Å². The number of H-pyrrole nitrogens is 1. The molecule has 0 bridgehead atoms. The summed E-state index contributed by atoms with van der Waals surface area (Å²) in [5.74, 6) is 1.15. The Morgan fingerprint density at radius 1 is 1.03 bits per heavy atom. The molecule has 0 saturated carbocycles. The number of rotatable bonds is 4. The maximum Gasteiger partial charge on any atom is 0.274 e. The van der Waals surface area contributed by atoms with Crippen molar-refractivity contribution in [1.82, 2.24) is 19.4 Å². The molecule has 3 heterocycles. The van der Waals surface area contributed by atoms with Gasteiger partial charge in [-0.1, -0.05) is 32.9 Å². The number of furan rings is 1. The van der Waals surface area contributed by atoms with Crippen LogP contribution < -0.4 is 0 Å². The molecule has 2 aromatic heterocycles. The van der Waals surface area contributed by atoms with Gasteiger partial charge in [0.2, 0.25) is 10.0 Å². The van der Waals surface area contributed by atoms with Gasteiger partial charge in [0.05, 0.1) is 4.90 Å². The number of carbonyl (C=O) groups is 1. The van der Waals surface area contributed by atoms with Crippen LogP contribution in [0.2, 0.25) is 0 Å². The standard InChI is InChI=1S/C23H28N4O4S/c1-16-5-10-21(31-16)19-15-20(25-24-19)22(28)26-11-13-27(14-12-26)32(29,30)18-8-6-17(7-9-18)23(2,3)4/h5-10,15H,11-14H2,1-4H3,(H,24,25). The normalized spacial score (nSPS) is 15.8. The maximum atomic E-state index is 13.1. The summed E-state index contributed by atoms with van der Waals surface area (Å²) in [6.45, 7) is 9.20. The lowest BCUT2D eigenvalue weighted by molar-refractivity contribution is 0.0692. The molecule has 3 aromatic rings. The molecule has 1 fully saturated rings.